The molecule has 0 atom stereocenters. The van der Waals surface area contributed by atoms with Crippen LogP contribution in [0.1, 0.15) is 27.9 Å². The maximum absolute atomic E-state index is 12.3. The number of ether oxygens (including phenoxy) is 1. The van der Waals surface area contributed by atoms with Gasteiger partial charge in [-0.2, -0.15) is 0 Å². The minimum Gasteiger partial charge on any atom is -0.497 e. The monoisotopic (exact) mass is 352 g/mol. The SMILES string of the molecule is CCc1nc(-c2ccc(C(=O)NCc3ccc(OC)cc3)cc2)cs1. The lowest BCUT2D eigenvalue weighted by Crippen LogP contribution is -2.22. The number of rotatable bonds is 6. The van der Waals surface area contributed by atoms with Crippen molar-refractivity contribution in [1.82, 2.24) is 10.3 Å². The van der Waals surface area contributed by atoms with Gasteiger partial charge in [-0.15, -0.1) is 11.3 Å². The molecule has 0 radical (unpaired) electrons. The molecule has 0 spiro atoms. The fourth-order valence-corrected chi connectivity index (χ4v) is 3.18. The van der Waals surface area contributed by atoms with Crippen LogP contribution in [0.4, 0.5) is 0 Å². The quantitative estimate of drug-likeness (QED) is 0.719. The highest BCUT2D eigenvalue weighted by atomic mass is 32.1. The molecule has 0 aliphatic rings. The lowest BCUT2D eigenvalue weighted by Gasteiger charge is -2.07. The Morgan fingerprint density at radius 3 is 2.44 bits per heavy atom. The molecule has 1 aromatic heterocycles. The van der Waals surface area contributed by atoms with Gasteiger partial charge in [0.2, 0.25) is 0 Å². The highest BCUT2D eigenvalue weighted by molar-refractivity contribution is 7.09. The second-order valence-electron chi connectivity index (χ2n) is 5.59. The fourth-order valence-electron chi connectivity index (χ4n) is 2.43. The van der Waals surface area contributed by atoms with Crippen molar-refractivity contribution in [3.05, 3.63) is 70.0 Å². The summed E-state index contributed by atoms with van der Waals surface area (Å²) in [6.07, 6.45) is 0.941. The van der Waals surface area contributed by atoms with Crippen LogP contribution >= 0.6 is 11.3 Å². The number of hydrogen-bond donors (Lipinski definition) is 1. The van der Waals surface area contributed by atoms with Crippen molar-refractivity contribution in [1.29, 1.82) is 0 Å². The zero-order chi connectivity index (χ0) is 17.6. The van der Waals surface area contributed by atoms with Gasteiger partial charge in [0.1, 0.15) is 5.75 Å². The lowest BCUT2D eigenvalue weighted by molar-refractivity contribution is 0.0951. The van der Waals surface area contributed by atoms with E-state index in [1.165, 1.54) is 0 Å². The molecule has 1 N–H and O–H groups in total. The molecule has 5 heteroatoms. The number of thiazole rings is 1. The van der Waals surface area contributed by atoms with Gasteiger partial charge in [-0.3, -0.25) is 4.79 Å². The smallest absolute Gasteiger partial charge is 0.251 e. The molecule has 1 heterocycles. The van der Waals surface area contributed by atoms with E-state index in [0.717, 1.165) is 34.0 Å². The Balaban J connectivity index is 1.61. The standard InChI is InChI=1S/C20H20N2O2S/c1-3-19-22-18(13-25-19)15-6-8-16(9-7-15)20(23)21-12-14-4-10-17(24-2)11-5-14/h4-11,13H,3,12H2,1-2H3,(H,21,23). The van der Waals surface area contributed by atoms with Crippen molar-refractivity contribution in [3.63, 3.8) is 0 Å². The third kappa shape index (κ3) is 4.25. The molecular formula is C20H20N2O2S. The van der Waals surface area contributed by atoms with Gasteiger partial charge >= 0.3 is 0 Å². The van der Waals surface area contributed by atoms with Crippen LogP contribution in [0.2, 0.25) is 0 Å². The van der Waals surface area contributed by atoms with Gasteiger partial charge in [0.05, 0.1) is 17.8 Å². The first-order valence-corrected chi connectivity index (χ1v) is 9.03. The number of carbonyl (C=O) groups is 1. The predicted octanol–water partition coefficient (Wildman–Crippen LogP) is 4.31. The van der Waals surface area contributed by atoms with Crippen molar-refractivity contribution in [2.75, 3.05) is 7.11 Å². The van der Waals surface area contributed by atoms with E-state index < -0.39 is 0 Å². The van der Waals surface area contributed by atoms with Crippen molar-refractivity contribution in [2.45, 2.75) is 19.9 Å². The molecule has 4 nitrogen and oxygen atoms in total. The molecule has 0 aliphatic carbocycles. The second kappa shape index (κ2) is 7.94. The van der Waals surface area contributed by atoms with Crippen molar-refractivity contribution >= 4 is 17.2 Å². The highest BCUT2D eigenvalue weighted by Crippen LogP contribution is 2.22. The van der Waals surface area contributed by atoms with Crippen LogP contribution in [-0.4, -0.2) is 18.0 Å². The number of aryl methyl sites for hydroxylation is 1. The van der Waals surface area contributed by atoms with Crippen molar-refractivity contribution < 1.29 is 9.53 Å². The van der Waals surface area contributed by atoms with Crippen LogP contribution in [0.15, 0.2) is 53.9 Å². The van der Waals surface area contributed by atoms with Crippen LogP contribution in [0.3, 0.4) is 0 Å². The average molecular weight is 352 g/mol. The summed E-state index contributed by atoms with van der Waals surface area (Å²) >= 11 is 1.66. The molecule has 0 aliphatic heterocycles. The minimum absolute atomic E-state index is 0.0881. The summed E-state index contributed by atoms with van der Waals surface area (Å²) < 4.78 is 5.13. The van der Waals surface area contributed by atoms with E-state index in [2.05, 4.69) is 22.6 Å². The Morgan fingerprint density at radius 1 is 1.12 bits per heavy atom. The molecule has 1 amide bonds. The molecule has 0 fully saturated rings. The molecule has 2 aromatic carbocycles. The second-order valence-corrected chi connectivity index (χ2v) is 6.53. The number of aromatic nitrogens is 1. The van der Waals surface area contributed by atoms with E-state index in [4.69, 9.17) is 4.74 Å². The first-order valence-electron chi connectivity index (χ1n) is 8.15. The lowest BCUT2D eigenvalue weighted by atomic mass is 10.1. The van der Waals surface area contributed by atoms with Crippen LogP contribution in [0.25, 0.3) is 11.3 Å². The number of amides is 1. The van der Waals surface area contributed by atoms with Crippen LogP contribution < -0.4 is 10.1 Å². The average Bonchev–Trinajstić information content (AvgIpc) is 3.16. The number of benzene rings is 2. The zero-order valence-corrected chi connectivity index (χ0v) is 15.1. The number of hydrogen-bond acceptors (Lipinski definition) is 4. The summed E-state index contributed by atoms with van der Waals surface area (Å²) in [4.78, 5) is 16.9. The summed E-state index contributed by atoms with van der Waals surface area (Å²) in [5, 5.41) is 6.11. The maximum atomic E-state index is 12.3. The summed E-state index contributed by atoms with van der Waals surface area (Å²) in [7, 11) is 1.63. The summed E-state index contributed by atoms with van der Waals surface area (Å²) in [5.74, 6) is 0.717. The van der Waals surface area contributed by atoms with E-state index in [1.807, 2.05) is 48.5 Å². The highest BCUT2D eigenvalue weighted by Gasteiger charge is 2.08. The van der Waals surface area contributed by atoms with E-state index in [9.17, 15) is 4.79 Å². The molecule has 0 bridgehead atoms. The van der Waals surface area contributed by atoms with Gasteiger partial charge < -0.3 is 10.1 Å². The van der Waals surface area contributed by atoms with Gasteiger partial charge in [0.15, 0.2) is 0 Å². The third-order valence-electron chi connectivity index (χ3n) is 3.91. The van der Waals surface area contributed by atoms with Crippen LogP contribution in [0, 0.1) is 0 Å². The molecule has 0 unspecified atom stereocenters. The topological polar surface area (TPSA) is 51.2 Å². The molecule has 128 valence electrons. The summed E-state index contributed by atoms with van der Waals surface area (Å²) in [5.41, 5.74) is 3.67. The normalized spacial score (nSPS) is 10.5. The van der Waals surface area contributed by atoms with Crippen LogP contribution in [0.5, 0.6) is 5.75 Å². The summed E-state index contributed by atoms with van der Waals surface area (Å²) in [6.45, 7) is 2.58. The summed E-state index contributed by atoms with van der Waals surface area (Å²) in [6, 6.07) is 15.2. The first-order chi connectivity index (χ1) is 12.2. The van der Waals surface area contributed by atoms with Crippen molar-refractivity contribution in [3.8, 4) is 17.0 Å². The number of nitrogens with zero attached hydrogens (tertiary/aromatic N) is 1. The third-order valence-corrected chi connectivity index (χ3v) is 4.90. The molecule has 25 heavy (non-hydrogen) atoms. The van der Waals surface area contributed by atoms with Gasteiger partial charge in [0, 0.05) is 23.1 Å². The number of nitrogens with one attached hydrogen (secondary N) is 1. The Hall–Kier alpha value is -2.66. The molecule has 0 saturated carbocycles. The first kappa shape index (κ1) is 17.2. The predicted molar refractivity (Wildman–Crippen MR) is 101 cm³/mol. The van der Waals surface area contributed by atoms with E-state index >= 15 is 0 Å². The van der Waals surface area contributed by atoms with Gasteiger partial charge in [-0.1, -0.05) is 31.2 Å². The Kier molecular flexibility index (Phi) is 5.46. The molecular weight excluding hydrogens is 332 g/mol. The maximum Gasteiger partial charge on any atom is 0.251 e. The van der Waals surface area contributed by atoms with E-state index in [0.29, 0.717) is 12.1 Å². The Morgan fingerprint density at radius 2 is 1.84 bits per heavy atom. The Labute approximate surface area is 151 Å². The van der Waals surface area contributed by atoms with E-state index in [1.54, 1.807) is 18.4 Å². The van der Waals surface area contributed by atoms with E-state index in [-0.39, 0.29) is 5.91 Å². The zero-order valence-electron chi connectivity index (χ0n) is 14.3. The molecule has 0 saturated heterocycles. The fraction of sp³-hybridized carbons (Fsp3) is 0.200. The largest absolute Gasteiger partial charge is 0.497 e. The van der Waals surface area contributed by atoms with Crippen LogP contribution in [-0.2, 0) is 13.0 Å². The van der Waals surface area contributed by atoms with Gasteiger partial charge in [0.25, 0.3) is 5.91 Å². The minimum atomic E-state index is -0.0881. The van der Waals surface area contributed by atoms with Gasteiger partial charge in [-0.05, 0) is 36.2 Å². The van der Waals surface area contributed by atoms with Crippen molar-refractivity contribution in [2.24, 2.45) is 0 Å². The number of carbonyl (C=O) groups excluding carboxylic acids is 1. The van der Waals surface area contributed by atoms with Gasteiger partial charge in [-0.25, -0.2) is 4.98 Å². The molecule has 3 rings (SSSR count). The molecule has 3 aromatic rings. The number of methoxy groups -OCH3 is 1. The Bertz CT molecular complexity index is 839.